The number of hydrogen-bond donors (Lipinski definition) is 1. The van der Waals surface area contributed by atoms with Crippen LogP contribution in [0, 0.1) is 0 Å². The number of carbonyl (C=O) groups is 2. The number of thioether (sulfide) groups is 1. The van der Waals surface area contributed by atoms with E-state index in [0.717, 1.165) is 16.9 Å². The van der Waals surface area contributed by atoms with E-state index in [1.165, 1.54) is 23.8 Å². The van der Waals surface area contributed by atoms with E-state index in [9.17, 15) is 14.7 Å². The Bertz CT molecular complexity index is 1730. The van der Waals surface area contributed by atoms with Crippen molar-refractivity contribution in [2.75, 3.05) is 25.2 Å². The number of rotatable bonds is 11. The topological polar surface area (TPSA) is 111 Å². The van der Waals surface area contributed by atoms with Crippen molar-refractivity contribution in [3.63, 3.8) is 0 Å². The van der Waals surface area contributed by atoms with E-state index in [-0.39, 0.29) is 16.5 Å². The third kappa shape index (κ3) is 6.51. The second-order valence-electron chi connectivity index (χ2n) is 9.34. The van der Waals surface area contributed by atoms with Crippen LogP contribution in [0.15, 0.2) is 70.6 Å². The molecule has 228 valence electrons. The van der Waals surface area contributed by atoms with Crippen LogP contribution in [0.3, 0.4) is 0 Å². The van der Waals surface area contributed by atoms with Gasteiger partial charge in [0.1, 0.15) is 11.5 Å². The zero-order valence-electron chi connectivity index (χ0n) is 23.9. The SMILES string of the molecule is CCOc1ccc(/C(O)=C2/C(=O)C(=O)N(c3nnc(SCc4ccc(Cl)cc4Cl)s3)C2c2ccc(OCC)c(OC)c2)cc1. The summed E-state index contributed by atoms with van der Waals surface area (Å²) in [4.78, 5) is 28.5. The highest BCUT2D eigenvalue weighted by Crippen LogP contribution is 2.46. The number of aromatic nitrogens is 2. The van der Waals surface area contributed by atoms with Gasteiger partial charge >= 0.3 is 5.91 Å². The van der Waals surface area contributed by atoms with Gasteiger partial charge in [0.05, 0.1) is 31.9 Å². The van der Waals surface area contributed by atoms with Gasteiger partial charge in [-0.25, -0.2) is 0 Å². The fraction of sp³-hybridized carbons (Fsp3) is 0.226. The molecule has 1 amide bonds. The molecule has 2 heterocycles. The number of anilines is 1. The van der Waals surface area contributed by atoms with Gasteiger partial charge < -0.3 is 19.3 Å². The van der Waals surface area contributed by atoms with E-state index in [4.69, 9.17) is 37.4 Å². The Labute approximate surface area is 272 Å². The van der Waals surface area contributed by atoms with E-state index >= 15 is 0 Å². The van der Waals surface area contributed by atoms with Crippen molar-refractivity contribution in [3.05, 3.63) is 93.0 Å². The predicted molar refractivity (Wildman–Crippen MR) is 172 cm³/mol. The van der Waals surface area contributed by atoms with Crippen LogP contribution < -0.4 is 19.1 Å². The Morgan fingerprint density at radius 2 is 1.73 bits per heavy atom. The number of ether oxygens (including phenoxy) is 3. The first-order valence-electron chi connectivity index (χ1n) is 13.5. The number of halogens is 2. The summed E-state index contributed by atoms with van der Waals surface area (Å²) in [6.07, 6.45) is 0. The van der Waals surface area contributed by atoms with Gasteiger partial charge in [-0.1, -0.05) is 58.4 Å². The van der Waals surface area contributed by atoms with Crippen LogP contribution in [0.4, 0.5) is 5.13 Å². The van der Waals surface area contributed by atoms with Crippen LogP contribution >= 0.6 is 46.3 Å². The highest BCUT2D eigenvalue weighted by molar-refractivity contribution is 8.00. The fourth-order valence-electron chi connectivity index (χ4n) is 4.64. The number of nitrogens with zero attached hydrogens (tertiary/aromatic N) is 3. The molecule has 0 aliphatic carbocycles. The average Bonchev–Trinajstić information content (AvgIpc) is 3.59. The van der Waals surface area contributed by atoms with Gasteiger partial charge in [0.15, 0.2) is 15.8 Å². The number of aliphatic hydroxyl groups excluding tert-OH is 1. The Balaban J connectivity index is 1.56. The van der Waals surface area contributed by atoms with Crippen molar-refractivity contribution in [2.45, 2.75) is 30.0 Å². The molecule has 0 saturated carbocycles. The van der Waals surface area contributed by atoms with Gasteiger partial charge in [0.25, 0.3) is 5.78 Å². The zero-order valence-corrected chi connectivity index (χ0v) is 27.0. The van der Waals surface area contributed by atoms with E-state index in [1.54, 1.807) is 54.6 Å². The van der Waals surface area contributed by atoms with E-state index in [0.29, 0.717) is 61.7 Å². The molecule has 1 unspecified atom stereocenters. The molecule has 0 bridgehead atoms. The molecule has 4 aromatic rings. The molecular weight excluding hydrogens is 645 g/mol. The number of amides is 1. The van der Waals surface area contributed by atoms with Crippen LogP contribution in [-0.2, 0) is 15.3 Å². The molecule has 0 spiro atoms. The normalized spacial score (nSPS) is 15.9. The number of carbonyl (C=O) groups excluding carboxylic acids is 2. The highest BCUT2D eigenvalue weighted by Gasteiger charge is 2.48. The lowest BCUT2D eigenvalue weighted by molar-refractivity contribution is -0.132. The summed E-state index contributed by atoms with van der Waals surface area (Å²) in [6, 6.07) is 16.0. The van der Waals surface area contributed by atoms with E-state index in [1.807, 2.05) is 19.9 Å². The molecule has 3 aromatic carbocycles. The number of methoxy groups -OCH3 is 1. The molecule has 1 N–H and O–H groups in total. The minimum absolute atomic E-state index is 0.0947. The summed E-state index contributed by atoms with van der Waals surface area (Å²) < 4.78 is 17.3. The van der Waals surface area contributed by atoms with Gasteiger partial charge in [-0.05, 0) is 73.5 Å². The summed E-state index contributed by atoms with van der Waals surface area (Å²) in [5.74, 6) is -0.0301. The fourth-order valence-corrected chi connectivity index (χ4v) is 7.07. The Morgan fingerprint density at radius 3 is 2.41 bits per heavy atom. The van der Waals surface area contributed by atoms with Crippen molar-refractivity contribution < 1.29 is 28.9 Å². The van der Waals surface area contributed by atoms with E-state index in [2.05, 4.69) is 10.2 Å². The van der Waals surface area contributed by atoms with Crippen LogP contribution in [0.25, 0.3) is 5.76 Å². The van der Waals surface area contributed by atoms with Crippen molar-refractivity contribution >= 4 is 68.9 Å². The Morgan fingerprint density at radius 1 is 0.977 bits per heavy atom. The van der Waals surface area contributed by atoms with Crippen LogP contribution in [0.5, 0.6) is 17.2 Å². The van der Waals surface area contributed by atoms with Crippen LogP contribution in [-0.4, -0.2) is 47.3 Å². The molecule has 44 heavy (non-hydrogen) atoms. The third-order valence-electron chi connectivity index (χ3n) is 6.65. The first-order chi connectivity index (χ1) is 21.2. The number of aliphatic hydroxyl groups is 1. The smallest absolute Gasteiger partial charge is 0.301 e. The summed E-state index contributed by atoms with van der Waals surface area (Å²) in [6.45, 7) is 4.61. The zero-order chi connectivity index (χ0) is 31.4. The lowest BCUT2D eigenvalue weighted by Crippen LogP contribution is -2.29. The lowest BCUT2D eigenvalue weighted by atomic mass is 9.95. The highest BCUT2D eigenvalue weighted by atomic mass is 35.5. The average molecular weight is 673 g/mol. The van der Waals surface area contributed by atoms with Gasteiger partial charge in [0, 0.05) is 21.4 Å². The quantitative estimate of drug-likeness (QED) is 0.0567. The summed E-state index contributed by atoms with van der Waals surface area (Å²) in [5.41, 5.74) is 1.62. The van der Waals surface area contributed by atoms with Crippen LogP contribution in [0.1, 0.15) is 36.6 Å². The number of ketones is 1. The minimum atomic E-state index is -1.03. The van der Waals surface area contributed by atoms with Crippen molar-refractivity contribution in [1.29, 1.82) is 0 Å². The molecule has 1 aromatic heterocycles. The molecular formula is C31H27Cl2N3O6S2. The van der Waals surface area contributed by atoms with Gasteiger partial charge in [-0.3, -0.25) is 14.5 Å². The van der Waals surface area contributed by atoms with Gasteiger partial charge in [-0.2, -0.15) is 0 Å². The van der Waals surface area contributed by atoms with Gasteiger partial charge in [0.2, 0.25) is 5.13 Å². The monoisotopic (exact) mass is 671 g/mol. The molecule has 13 heteroatoms. The second kappa shape index (κ2) is 13.9. The minimum Gasteiger partial charge on any atom is -0.507 e. The van der Waals surface area contributed by atoms with Crippen LogP contribution in [0.2, 0.25) is 10.0 Å². The maximum absolute atomic E-state index is 13.6. The maximum Gasteiger partial charge on any atom is 0.301 e. The van der Waals surface area contributed by atoms with Crippen molar-refractivity contribution in [3.8, 4) is 17.2 Å². The number of Topliss-reactive ketones (excluding diaryl/α,β-unsaturated/α-hetero) is 1. The van der Waals surface area contributed by atoms with E-state index < -0.39 is 17.7 Å². The third-order valence-corrected chi connectivity index (χ3v) is 9.35. The molecule has 1 aliphatic rings. The number of benzene rings is 3. The largest absolute Gasteiger partial charge is 0.507 e. The molecule has 5 rings (SSSR count). The molecule has 1 aliphatic heterocycles. The molecule has 9 nitrogen and oxygen atoms in total. The molecule has 0 radical (unpaired) electrons. The first kappa shape index (κ1) is 31.6. The van der Waals surface area contributed by atoms with Crippen molar-refractivity contribution in [2.24, 2.45) is 0 Å². The standard InChI is InChI=1S/C31H27Cl2N3O6S2/c1-4-41-21-11-7-17(8-12-21)27(37)25-26(18-9-13-23(42-5-2)24(14-18)40-3)36(29(39)28(25)38)30-34-35-31(44-30)43-16-19-6-10-20(32)15-22(19)33/h6-15,26,37H,4-5,16H2,1-3H3/b27-25-. The molecule has 1 fully saturated rings. The van der Waals surface area contributed by atoms with Gasteiger partial charge in [-0.15, -0.1) is 10.2 Å². The predicted octanol–water partition coefficient (Wildman–Crippen LogP) is 7.57. The molecule has 1 saturated heterocycles. The maximum atomic E-state index is 13.6. The second-order valence-corrected chi connectivity index (χ2v) is 12.4. The summed E-state index contributed by atoms with van der Waals surface area (Å²) in [7, 11) is 1.50. The summed E-state index contributed by atoms with van der Waals surface area (Å²) >= 11 is 14.9. The molecule has 1 atom stereocenters. The Kier molecular flexibility index (Phi) is 10.00. The number of hydrogen-bond acceptors (Lipinski definition) is 10. The first-order valence-corrected chi connectivity index (χ1v) is 16.1. The Hall–Kier alpha value is -3.77. The lowest BCUT2D eigenvalue weighted by Gasteiger charge is -2.23. The summed E-state index contributed by atoms with van der Waals surface area (Å²) in [5, 5.41) is 21.3. The van der Waals surface area contributed by atoms with Crippen molar-refractivity contribution in [1.82, 2.24) is 10.2 Å².